The third kappa shape index (κ3) is 7.79. The number of alkyl carbamates (subject to hydrolysis) is 1. The maximum absolute atomic E-state index is 13.8. The Morgan fingerprint density at radius 3 is 2.33 bits per heavy atom. The standard InChI is InChI=1S/C29H34N4O5S2/c1-20(2)17-33(40(36,37)23-13-14-27-25(16-23)31-28(30)39-27)18-26(34)24(15-21-9-5-3-6-10-21)32-29(35)38-19-22-11-7-4-8-12-22/h3-14,16,20,24,26,34H,15,17-19H2,1-2H3,(H2,30,31)(H,32,35)/t24-,26+/m0/s1. The van der Waals surface area contributed by atoms with Crippen LogP contribution in [0.3, 0.4) is 0 Å². The number of nitrogen functional groups attached to an aromatic ring is 1. The highest BCUT2D eigenvalue weighted by Gasteiger charge is 2.32. The molecule has 2 atom stereocenters. The summed E-state index contributed by atoms with van der Waals surface area (Å²) >= 11 is 1.28. The van der Waals surface area contributed by atoms with E-state index in [0.717, 1.165) is 15.8 Å². The summed E-state index contributed by atoms with van der Waals surface area (Å²) in [6.07, 6.45) is -1.65. The van der Waals surface area contributed by atoms with Crippen molar-refractivity contribution >= 4 is 42.8 Å². The third-order valence-corrected chi connectivity index (χ3v) is 8.94. The van der Waals surface area contributed by atoms with Gasteiger partial charge in [-0.15, -0.1) is 0 Å². The molecule has 1 aromatic heterocycles. The average molecular weight is 583 g/mol. The molecule has 11 heteroatoms. The predicted molar refractivity (Wildman–Crippen MR) is 157 cm³/mol. The second kappa shape index (κ2) is 13.2. The SMILES string of the molecule is CC(C)CN(C[C@@H](O)[C@H](Cc1ccccc1)NC(=O)OCc1ccccc1)S(=O)(=O)c1ccc2sc(N)nc2c1. The Morgan fingerprint density at radius 2 is 1.68 bits per heavy atom. The van der Waals surface area contributed by atoms with E-state index in [1.54, 1.807) is 6.07 Å². The molecule has 9 nitrogen and oxygen atoms in total. The second-order valence-corrected chi connectivity index (χ2v) is 13.0. The first-order valence-corrected chi connectivity index (χ1v) is 15.2. The molecule has 0 radical (unpaired) electrons. The highest BCUT2D eigenvalue weighted by atomic mass is 32.2. The molecule has 0 fully saturated rings. The number of aliphatic hydroxyl groups is 1. The zero-order valence-corrected chi connectivity index (χ0v) is 24.1. The van der Waals surface area contributed by atoms with E-state index in [2.05, 4.69) is 10.3 Å². The molecule has 1 heterocycles. The van der Waals surface area contributed by atoms with Crippen molar-refractivity contribution in [2.24, 2.45) is 5.92 Å². The molecule has 4 N–H and O–H groups in total. The van der Waals surface area contributed by atoms with Crippen LogP contribution in [-0.4, -0.2) is 54.1 Å². The van der Waals surface area contributed by atoms with E-state index in [4.69, 9.17) is 10.5 Å². The lowest BCUT2D eigenvalue weighted by Gasteiger charge is -2.30. The Labute approximate surface area is 238 Å². The Balaban J connectivity index is 1.55. The molecule has 0 aliphatic heterocycles. The van der Waals surface area contributed by atoms with Crippen molar-refractivity contribution < 1.29 is 23.1 Å². The smallest absolute Gasteiger partial charge is 0.407 e. The number of nitrogens with zero attached hydrogens (tertiary/aromatic N) is 2. The molecule has 4 aromatic rings. The van der Waals surface area contributed by atoms with Crippen LogP contribution >= 0.6 is 11.3 Å². The number of carbonyl (C=O) groups excluding carboxylic acids is 1. The number of carbonyl (C=O) groups is 1. The second-order valence-electron chi connectivity index (χ2n) is 9.97. The minimum atomic E-state index is -4.00. The highest BCUT2D eigenvalue weighted by Crippen LogP contribution is 2.28. The zero-order valence-electron chi connectivity index (χ0n) is 22.4. The first kappa shape index (κ1) is 29.5. The Bertz CT molecular complexity index is 1510. The molecule has 0 saturated heterocycles. The lowest BCUT2D eigenvalue weighted by atomic mass is 10.0. The Kier molecular flexibility index (Phi) is 9.75. The molecule has 4 rings (SSSR count). The number of amides is 1. The lowest BCUT2D eigenvalue weighted by molar-refractivity contribution is 0.0873. The monoisotopic (exact) mass is 582 g/mol. The van der Waals surface area contributed by atoms with Crippen LogP contribution < -0.4 is 11.1 Å². The van der Waals surface area contributed by atoms with Crippen molar-refractivity contribution in [2.75, 3.05) is 18.8 Å². The van der Waals surface area contributed by atoms with Crippen molar-refractivity contribution in [3.05, 3.63) is 90.0 Å². The van der Waals surface area contributed by atoms with Gasteiger partial charge in [-0.25, -0.2) is 18.2 Å². The average Bonchev–Trinajstić information content (AvgIpc) is 3.31. The number of hydrogen-bond acceptors (Lipinski definition) is 8. The van der Waals surface area contributed by atoms with E-state index in [1.807, 2.05) is 74.5 Å². The molecule has 0 saturated carbocycles. The molecule has 0 bridgehead atoms. The van der Waals surface area contributed by atoms with Gasteiger partial charge >= 0.3 is 6.09 Å². The molecule has 0 unspecified atom stereocenters. The maximum atomic E-state index is 13.8. The van der Waals surface area contributed by atoms with Gasteiger partial charge in [0.1, 0.15) is 6.61 Å². The predicted octanol–water partition coefficient (Wildman–Crippen LogP) is 4.42. The number of nitrogens with one attached hydrogen (secondary N) is 1. The molecule has 1 amide bonds. The van der Waals surface area contributed by atoms with Crippen molar-refractivity contribution in [1.82, 2.24) is 14.6 Å². The van der Waals surface area contributed by atoms with Gasteiger partial charge in [0.25, 0.3) is 0 Å². The summed E-state index contributed by atoms with van der Waals surface area (Å²) in [5, 5.41) is 14.5. The van der Waals surface area contributed by atoms with Gasteiger partial charge in [-0.1, -0.05) is 85.8 Å². The summed E-state index contributed by atoms with van der Waals surface area (Å²) in [5.41, 5.74) is 8.00. The van der Waals surface area contributed by atoms with Crippen LogP contribution in [0, 0.1) is 5.92 Å². The van der Waals surface area contributed by atoms with Gasteiger partial charge in [0.05, 0.1) is 27.3 Å². The van der Waals surface area contributed by atoms with E-state index in [0.29, 0.717) is 10.6 Å². The van der Waals surface area contributed by atoms with Gasteiger partial charge in [-0.3, -0.25) is 0 Å². The summed E-state index contributed by atoms with van der Waals surface area (Å²) in [6, 6.07) is 22.5. The summed E-state index contributed by atoms with van der Waals surface area (Å²) in [4.78, 5) is 17.0. The number of aliphatic hydroxyl groups excluding tert-OH is 1. The van der Waals surface area contributed by atoms with Gasteiger partial charge < -0.3 is 20.9 Å². The normalized spacial score (nSPS) is 13.4. The summed E-state index contributed by atoms with van der Waals surface area (Å²) in [5.74, 6) is -0.0167. The van der Waals surface area contributed by atoms with Gasteiger partial charge in [0.15, 0.2) is 5.13 Å². The Hall–Kier alpha value is -3.51. The molecule has 0 aliphatic carbocycles. The summed E-state index contributed by atoms with van der Waals surface area (Å²) < 4.78 is 35.0. The van der Waals surface area contributed by atoms with Crippen molar-refractivity contribution in [3.63, 3.8) is 0 Å². The fraction of sp³-hybridized carbons (Fsp3) is 0.310. The molecule has 3 aromatic carbocycles. The van der Waals surface area contributed by atoms with Crippen LogP contribution in [0.5, 0.6) is 0 Å². The fourth-order valence-corrected chi connectivity index (χ4v) is 6.67. The number of nitrogens with two attached hydrogens (primary N) is 1. The van der Waals surface area contributed by atoms with E-state index >= 15 is 0 Å². The van der Waals surface area contributed by atoms with Crippen molar-refractivity contribution in [2.45, 2.75) is 43.9 Å². The number of fused-ring (bicyclic) bond motifs is 1. The number of ether oxygens (including phenoxy) is 1. The summed E-state index contributed by atoms with van der Waals surface area (Å²) in [6.45, 7) is 3.82. The molecule has 0 spiro atoms. The highest BCUT2D eigenvalue weighted by molar-refractivity contribution is 7.89. The third-order valence-electron chi connectivity index (χ3n) is 6.25. The number of benzene rings is 3. The van der Waals surface area contributed by atoms with Gasteiger partial charge in [0, 0.05) is 13.1 Å². The number of sulfonamides is 1. The first-order valence-electron chi connectivity index (χ1n) is 13.0. The number of aromatic nitrogens is 1. The van der Waals surface area contributed by atoms with Gasteiger partial charge in [-0.05, 0) is 41.7 Å². The first-order chi connectivity index (χ1) is 19.1. The van der Waals surface area contributed by atoms with Gasteiger partial charge in [0.2, 0.25) is 10.0 Å². The van der Waals surface area contributed by atoms with Crippen molar-refractivity contribution in [3.8, 4) is 0 Å². The number of thiazole rings is 1. The van der Waals surface area contributed by atoms with E-state index in [1.165, 1.54) is 27.8 Å². The Morgan fingerprint density at radius 1 is 1.02 bits per heavy atom. The number of hydrogen-bond donors (Lipinski definition) is 3. The largest absolute Gasteiger partial charge is 0.445 e. The minimum absolute atomic E-state index is 0.0167. The van der Waals surface area contributed by atoms with Crippen LogP contribution in [0.4, 0.5) is 9.93 Å². The van der Waals surface area contributed by atoms with Gasteiger partial charge in [-0.2, -0.15) is 4.31 Å². The van der Waals surface area contributed by atoms with Crippen molar-refractivity contribution in [1.29, 1.82) is 0 Å². The van der Waals surface area contributed by atoms with Crippen LogP contribution in [0.2, 0.25) is 0 Å². The quantitative estimate of drug-likeness (QED) is 0.225. The fourth-order valence-electron chi connectivity index (χ4n) is 4.32. The molecule has 212 valence electrons. The zero-order chi connectivity index (χ0) is 28.7. The molecular weight excluding hydrogens is 548 g/mol. The molecular formula is C29H34N4O5S2. The molecule has 0 aliphatic rings. The number of rotatable bonds is 12. The van der Waals surface area contributed by atoms with E-state index < -0.39 is 28.3 Å². The van der Waals surface area contributed by atoms with Crippen LogP contribution in [0.25, 0.3) is 10.2 Å². The lowest BCUT2D eigenvalue weighted by Crippen LogP contribution is -2.51. The molecule has 40 heavy (non-hydrogen) atoms. The van der Waals surface area contributed by atoms with E-state index in [9.17, 15) is 18.3 Å². The maximum Gasteiger partial charge on any atom is 0.407 e. The number of anilines is 1. The summed E-state index contributed by atoms with van der Waals surface area (Å²) in [7, 11) is -4.00. The minimum Gasteiger partial charge on any atom is -0.445 e. The van der Waals surface area contributed by atoms with E-state index in [-0.39, 0.29) is 36.9 Å². The van der Waals surface area contributed by atoms with Crippen LogP contribution in [0.1, 0.15) is 25.0 Å². The van der Waals surface area contributed by atoms with Crippen LogP contribution in [0.15, 0.2) is 83.8 Å². The topological polar surface area (TPSA) is 135 Å². The van der Waals surface area contributed by atoms with Crippen LogP contribution in [-0.2, 0) is 27.8 Å².